The van der Waals surface area contributed by atoms with Gasteiger partial charge in [-0.15, -0.1) is 0 Å². The van der Waals surface area contributed by atoms with E-state index in [2.05, 4.69) is 16.7 Å². The minimum absolute atomic E-state index is 0. The summed E-state index contributed by atoms with van der Waals surface area (Å²) in [5, 5.41) is 67.8. The van der Waals surface area contributed by atoms with E-state index in [1.54, 1.807) is 0 Å². The summed E-state index contributed by atoms with van der Waals surface area (Å²) < 4.78 is 120. The van der Waals surface area contributed by atoms with Gasteiger partial charge in [-0.05, 0) is 0 Å². The second-order valence-corrected chi connectivity index (χ2v) is 7.72. The van der Waals surface area contributed by atoms with Gasteiger partial charge < -0.3 is 72.6 Å². The van der Waals surface area contributed by atoms with Crippen LogP contribution in [0.5, 0.6) is 0 Å². The summed E-state index contributed by atoms with van der Waals surface area (Å²) in [5.41, 5.74) is 0. The Kier molecular flexibility index (Phi) is 34.7. The van der Waals surface area contributed by atoms with Crippen LogP contribution in [0.25, 0.3) is 0 Å². The largest absolute Gasteiger partial charge is 2.00 e. The van der Waals surface area contributed by atoms with Crippen LogP contribution in [0.1, 0.15) is 7.43 Å². The van der Waals surface area contributed by atoms with Gasteiger partial charge in [0, 0.05) is 0 Å². The first-order chi connectivity index (χ1) is 13.0. The van der Waals surface area contributed by atoms with Crippen LogP contribution in [0.15, 0.2) is 0 Å². The van der Waals surface area contributed by atoms with Crippen LogP contribution in [0, 0.1) is 0 Å². The van der Waals surface area contributed by atoms with Crippen LogP contribution in [-0.4, -0.2) is 179 Å². The quantitative estimate of drug-likeness (QED) is 0.0260. The molecule has 0 fully saturated rings. The predicted molar refractivity (Wildman–Crippen MR) is 94.0 cm³/mol. The van der Waals surface area contributed by atoms with Gasteiger partial charge in [0.05, 0.1) is 11.0 Å². The summed E-state index contributed by atoms with van der Waals surface area (Å²) in [6, 6.07) is 0. The normalized spacial score (nSPS) is 12.4. The SMILES string of the molecule is C.O=S(=O)([O-])OC(O)(O)C(O)(O)OS(=O)(=O)[O-].O=[S-](=O)OC(O)(O)C(O)(O)OS(=O)(=O)[O-].[Ca+2].[Ca+2].[Na+].[Na+].[OH3+]. The van der Waals surface area contributed by atoms with Crippen molar-refractivity contribution in [2.24, 2.45) is 0 Å². The van der Waals surface area contributed by atoms with Crippen molar-refractivity contribution in [2.45, 2.75) is 31.3 Å². The van der Waals surface area contributed by atoms with Crippen molar-refractivity contribution in [3.05, 3.63) is 0 Å². The van der Waals surface area contributed by atoms with Gasteiger partial charge in [0.1, 0.15) is 0 Å². The molecule has 0 amide bonds. The molecule has 0 rings (SSSR count). The fourth-order valence-electron chi connectivity index (χ4n) is 0.739. The Morgan fingerprint density at radius 3 is 0.838 bits per heavy atom. The Bertz CT molecular complexity index is 961. The summed E-state index contributed by atoms with van der Waals surface area (Å²) in [5.74, 6) is -18.3. The molecule has 0 aromatic carbocycles. The zero-order valence-electron chi connectivity index (χ0n) is 17.3. The standard InChI is InChI=1S/C2H6O12S2.C2H5O11S2.CH4.2Ca.2Na.H2O/c3-1(4,13-15(7,8)9)2(5,6)14-16(10,11)12;3-1(4,12-14(7)8)2(5,6)13-15(9,10)11;;;;;;/h3-6H,(H,7,8,9)(H,10,11,12);3-6H,(H,9,10,11);1H4;;;;;1H2/q;-1;;2*+2;2*+1;/p-2. The van der Waals surface area contributed by atoms with Gasteiger partial charge in [-0.3, -0.25) is 0 Å². The van der Waals surface area contributed by atoms with Gasteiger partial charge in [0.15, 0.2) is 0 Å². The van der Waals surface area contributed by atoms with Crippen molar-refractivity contribution in [2.75, 3.05) is 0 Å². The van der Waals surface area contributed by atoms with Crippen LogP contribution >= 0.6 is 0 Å². The summed E-state index contributed by atoms with van der Waals surface area (Å²) in [4.78, 5) is 0. The van der Waals surface area contributed by atoms with Crippen molar-refractivity contribution in [3.8, 4) is 0 Å². The molecule has 11 N–H and O–H groups in total. The van der Waals surface area contributed by atoms with E-state index >= 15 is 0 Å². The maximum atomic E-state index is 9.86. The zero-order valence-corrected chi connectivity index (χ0v) is 29.0. The van der Waals surface area contributed by atoms with Crippen molar-refractivity contribution in [1.82, 2.24) is 0 Å². The smallest absolute Gasteiger partial charge is 0.725 e. The van der Waals surface area contributed by atoms with Gasteiger partial charge in [0.25, 0.3) is 0 Å². The summed E-state index contributed by atoms with van der Waals surface area (Å²) >= 11 is 0. The average molecular weight is 714 g/mol. The summed E-state index contributed by atoms with van der Waals surface area (Å²) in [6.45, 7) is 0. The molecule has 32 heteroatoms. The molecule has 0 aromatic heterocycles. The van der Waals surface area contributed by atoms with Gasteiger partial charge in [-0.2, -0.15) is 0 Å². The number of hydrogen-bond acceptors (Lipinski definition) is 24. The first kappa shape index (κ1) is 60.0. The molecule has 37 heavy (non-hydrogen) atoms. The van der Waals surface area contributed by atoms with Gasteiger partial charge in [-0.25, -0.2) is 37.8 Å². The molecule has 0 aliphatic carbocycles. The van der Waals surface area contributed by atoms with Crippen LogP contribution in [0.3, 0.4) is 0 Å². The summed E-state index contributed by atoms with van der Waals surface area (Å²) in [7, 11) is -21.1. The molecule has 0 saturated carbocycles. The Labute approximate surface area is 313 Å². The van der Waals surface area contributed by atoms with E-state index in [-0.39, 0.29) is 147 Å². The minimum atomic E-state index is -5.87. The number of rotatable bonds is 10. The molecular weight excluding hydrogens is 698 g/mol. The van der Waals surface area contributed by atoms with Crippen LogP contribution < -0.4 is 59.1 Å². The van der Waals surface area contributed by atoms with Crippen LogP contribution in [-0.2, 0) is 72.8 Å². The first-order valence-corrected chi connectivity index (χ1v) is 10.6. The van der Waals surface area contributed by atoms with Gasteiger partial charge in [-0.1, -0.05) is 7.43 Å². The fraction of sp³-hybridized carbons (Fsp3) is 1.00. The predicted octanol–water partition coefficient (Wildman–Crippen LogP) is -15.8. The van der Waals surface area contributed by atoms with E-state index < -0.39 is 66.1 Å². The van der Waals surface area contributed by atoms with E-state index in [1.165, 1.54) is 0 Å². The Morgan fingerprint density at radius 2 is 0.703 bits per heavy atom. The monoisotopic (exact) mass is 713 g/mol. The molecule has 0 aliphatic heterocycles. The third-order valence-electron chi connectivity index (χ3n) is 1.69. The third kappa shape index (κ3) is 28.2. The fourth-order valence-corrected chi connectivity index (χ4v) is 2.22. The molecule has 0 unspecified atom stereocenters. The Balaban J connectivity index is -0.0000000653. The van der Waals surface area contributed by atoms with Crippen LogP contribution in [0.2, 0.25) is 0 Å². The molecule has 0 spiro atoms. The molecule has 0 heterocycles. The maximum Gasteiger partial charge on any atom is 2.00 e. The Morgan fingerprint density at radius 1 is 0.541 bits per heavy atom. The molecule has 24 nitrogen and oxygen atoms in total. The molecule has 0 aromatic rings. The molecule has 0 aliphatic rings. The van der Waals surface area contributed by atoms with E-state index in [1.807, 2.05) is 0 Å². The molecule has 0 radical (unpaired) electrons. The zero-order chi connectivity index (χ0) is 25.9. The van der Waals surface area contributed by atoms with Crippen molar-refractivity contribution in [3.63, 3.8) is 0 Å². The second kappa shape index (κ2) is 21.4. The topological polar surface area (TPSA) is 438 Å². The second-order valence-electron chi connectivity index (χ2n) is 4.20. The number of hydrogen-bond donors (Lipinski definition) is 8. The molecule has 0 atom stereocenters. The maximum absolute atomic E-state index is 9.86. The average Bonchev–Trinajstić information content (AvgIpc) is 2.27. The van der Waals surface area contributed by atoms with Crippen molar-refractivity contribution >= 4 is 118 Å². The number of aliphatic hydroxyl groups is 8. The Hall–Kier alpha value is 3.68. The van der Waals surface area contributed by atoms with Gasteiger partial charge >= 0.3 is 158 Å². The van der Waals surface area contributed by atoms with E-state index in [0.29, 0.717) is 0 Å². The molecule has 0 bridgehead atoms. The minimum Gasteiger partial charge on any atom is -0.725 e. The van der Waals surface area contributed by atoms with E-state index in [9.17, 15) is 47.3 Å². The molecule has 0 saturated heterocycles. The van der Waals surface area contributed by atoms with Gasteiger partial charge in [0.2, 0.25) is 31.2 Å². The first-order valence-electron chi connectivity index (χ1n) is 5.61. The summed E-state index contributed by atoms with van der Waals surface area (Å²) in [6.07, 6.45) is 0. The molecule has 206 valence electrons. The van der Waals surface area contributed by atoms with Crippen molar-refractivity contribution in [1.29, 1.82) is 0 Å². The van der Waals surface area contributed by atoms with E-state index in [0.717, 1.165) is 0 Å². The van der Waals surface area contributed by atoms with E-state index in [4.69, 9.17) is 40.9 Å². The molecular formula is C5H15Ca2Na2O24S4+3. The van der Waals surface area contributed by atoms with Crippen molar-refractivity contribution < 1.29 is 170 Å². The van der Waals surface area contributed by atoms with Crippen LogP contribution in [0.4, 0.5) is 0 Å². The third-order valence-corrected chi connectivity index (χ3v) is 3.37.